The molecule has 0 unspecified atom stereocenters. The number of pyridine rings is 1. The zero-order valence-corrected chi connectivity index (χ0v) is 15.1. The molecule has 0 aliphatic carbocycles. The number of nitrogens with two attached hydrogens (primary N) is 1. The van der Waals surface area contributed by atoms with Gasteiger partial charge in [0.1, 0.15) is 0 Å². The van der Waals surface area contributed by atoms with Crippen LogP contribution in [0.25, 0.3) is 10.9 Å². The van der Waals surface area contributed by atoms with Gasteiger partial charge in [0.25, 0.3) is 5.56 Å². The number of hydrogen-bond acceptors (Lipinski definition) is 2. The molecule has 0 aliphatic heterocycles. The number of benzene rings is 1. The van der Waals surface area contributed by atoms with Crippen LogP contribution in [0, 0.1) is 0 Å². The molecule has 126 valence electrons. The Labute approximate surface area is 150 Å². The second-order valence-corrected chi connectivity index (χ2v) is 7.54. The summed E-state index contributed by atoms with van der Waals surface area (Å²) in [5.41, 5.74) is 7.46. The van der Waals surface area contributed by atoms with E-state index in [0.717, 1.165) is 11.1 Å². The molecular formula is C18H19Cl2N3O. The molecule has 0 atom stereocenters. The molecule has 0 amide bonds. The quantitative estimate of drug-likeness (QED) is 0.764. The third-order valence-electron chi connectivity index (χ3n) is 3.82. The molecule has 0 radical (unpaired) electrons. The van der Waals surface area contributed by atoms with Crippen LogP contribution in [0.1, 0.15) is 19.4 Å². The molecule has 3 aromatic rings. The molecule has 0 bridgehead atoms. The minimum atomic E-state index is -0.444. The van der Waals surface area contributed by atoms with E-state index < -0.39 is 5.54 Å². The Kier molecular flexibility index (Phi) is 4.47. The van der Waals surface area contributed by atoms with E-state index in [1.54, 1.807) is 16.8 Å². The topological polar surface area (TPSA) is 52.9 Å². The highest BCUT2D eigenvalue weighted by molar-refractivity contribution is 6.42. The maximum absolute atomic E-state index is 12.6. The lowest BCUT2D eigenvalue weighted by Gasteiger charge is -2.19. The minimum absolute atomic E-state index is 0.0288. The third kappa shape index (κ3) is 3.51. The molecule has 0 fully saturated rings. The van der Waals surface area contributed by atoms with Crippen LogP contribution in [0.2, 0.25) is 10.0 Å². The Morgan fingerprint density at radius 3 is 2.42 bits per heavy atom. The van der Waals surface area contributed by atoms with Crippen molar-refractivity contribution in [2.75, 3.05) is 0 Å². The predicted molar refractivity (Wildman–Crippen MR) is 100 cm³/mol. The van der Waals surface area contributed by atoms with Gasteiger partial charge in [-0.15, -0.1) is 0 Å². The molecule has 24 heavy (non-hydrogen) atoms. The Bertz CT molecular complexity index is 951. The van der Waals surface area contributed by atoms with Gasteiger partial charge in [-0.1, -0.05) is 29.3 Å². The summed E-state index contributed by atoms with van der Waals surface area (Å²) in [6, 6.07) is 9.34. The molecule has 0 spiro atoms. The van der Waals surface area contributed by atoms with Gasteiger partial charge in [-0.05, 0) is 43.7 Å². The second-order valence-electron chi connectivity index (χ2n) is 6.73. The zero-order chi connectivity index (χ0) is 17.5. The molecule has 0 saturated carbocycles. The summed E-state index contributed by atoms with van der Waals surface area (Å²) in [5.74, 6) is 0. The summed E-state index contributed by atoms with van der Waals surface area (Å²) in [6.45, 7) is 4.89. The minimum Gasteiger partial charge on any atom is -0.343 e. The number of hydrogen-bond donors (Lipinski definition) is 1. The normalized spacial score (nSPS) is 12.0. The van der Waals surface area contributed by atoms with E-state index in [2.05, 4.69) is 0 Å². The van der Waals surface area contributed by atoms with Crippen LogP contribution in [0.3, 0.4) is 0 Å². The molecule has 0 saturated heterocycles. The maximum Gasteiger partial charge on any atom is 0.260 e. The standard InChI is InChI=1S/C18H19Cl2N3O/c1-18(2,21)11-23-8-6-16-13(17(23)24)5-7-22(16)10-12-3-4-14(19)15(20)9-12/h3-9H,10-11,21H2,1-2H3. The highest BCUT2D eigenvalue weighted by Gasteiger charge is 2.14. The van der Waals surface area contributed by atoms with Crippen molar-refractivity contribution in [1.82, 2.24) is 9.13 Å². The molecule has 6 heteroatoms. The smallest absolute Gasteiger partial charge is 0.260 e. The van der Waals surface area contributed by atoms with Gasteiger partial charge in [0.05, 0.1) is 20.9 Å². The summed E-state index contributed by atoms with van der Waals surface area (Å²) in [4.78, 5) is 12.6. The van der Waals surface area contributed by atoms with E-state index in [-0.39, 0.29) is 5.56 Å². The van der Waals surface area contributed by atoms with Crippen LogP contribution in [-0.2, 0) is 13.1 Å². The molecule has 3 rings (SSSR count). The summed E-state index contributed by atoms with van der Waals surface area (Å²) in [7, 11) is 0. The first-order valence-corrected chi connectivity index (χ1v) is 8.41. The van der Waals surface area contributed by atoms with Gasteiger partial charge in [0, 0.05) is 31.0 Å². The van der Waals surface area contributed by atoms with Crippen molar-refractivity contribution in [3.63, 3.8) is 0 Å². The zero-order valence-electron chi connectivity index (χ0n) is 13.6. The monoisotopic (exact) mass is 363 g/mol. The fourth-order valence-electron chi connectivity index (χ4n) is 2.77. The van der Waals surface area contributed by atoms with Crippen molar-refractivity contribution in [2.45, 2.75) is 32.5 Å². The lowest BCUT2D eigenvalue weighted by molar-refractivity contribution is 0.428. The molecule has 2 heterocycles. The van der Waals surface area contributed by atoms with Crippen LogP contribution in [0.15, 0.2) is 47.5 Å². The van der Waals surface area contributed by atoms with Crippen LogP contribution >= 0.6 is 23.2 Å². The Balaban J connectivity index is 1.97. The van der Waals surface area contributed by atoms with Crippen molar-refractivity contribution in [3.8, 4) is 0 Å². The van der Waals surface area contributed by atoms with Crippen LogP contribution in [-0.4, -0.2) is 14.7 Å². The first-order chi connectivity index (χ1) is 11.2. The average molecular weight is 364 g/mol. The van der Waals surface area contributed by atoms with Gasteiger partial charge in [-0.25, -0.2) is 0 Å². The van der Waals surface area contributed by atoms with Crippen molar-refractivity contribution < 1.29 is 0 Å². The van der Waals surface area contributed by atoms with Gasteiger partial charge < -0.3 is 14.9 Å². The molecule has 2 N–H and O–H groups in total. The van der Waals surface area contributed by atoms with Gasteiger partial charge in [-0.3, -0.25) is 4.79 Å². The van der Waals surface area contributed by atoms with E-state index in [1.165, 1.54) is 0 Å². The highest BCUT2D eigenvalue weighted by Crippen LogP contribution is 2.24. The number of aromatic nitrogens is 2. The van der Waals surface area contributed by atoms with Gasteiger partial charge in [0.2, 0.25) is 0 Å². The van der Waals surface area contributed by atoms with Crippen LogP contribution < -0.4 is 11.3 Å². The van der Waals surface area contributed by atoms with Gasteiger partial charge >= 0.3 is 0 Å². The van der Waals surface area contributed by atoms with Crippen molar-refractivity contribution in [3.05, 3.63) is 68.7 Å². The van der Waals surface area contributed by atoms with E-state index in [0.29, 0.717) is 28.5 Å². The van der Waals surface area contributed by atoms with Crippen molar-refractivity contribution in [2.24, 2.45) is 5.73 Å². The van der Waals surface area contributed by atoms with Crippen molar-refractivity contribution >= 4 is 34.1 Å². The SMILES string of the molecule is CC(C)(N)Cn1ccc2c(ccn2Cc2ccc(Cl)c(Cl)c2)c1=O. The average Bonchev–Trinajstić information content (AvgIpc) is 2.88. The predicted octanol–water partition coefficient (Wildman–Crippen LogP) is 3.90. The molecule has 0 aliphatic rings. The molecule has 2 aromatic heterocycles. The maximum atomic E-state index is 12.6. The molecular weight excluding hydrogens is 345 g/mol. The van der Waals surface area contributed by atoms with E-state index in [9.17, 15) is 4.79 Å². The number of rotatable bonds is 4. The van der Waals surface area contributed by atoms with Crippen molar-refractivity contribution in [1.29, 1.82) is 0 Å². The molecule has 1 aromatic carbocycles. The van der Waals surface area contributed by atoms with E-state index >= 15 is 0 Å². The fraction of sp³-hybridized carbons (Fsp3) is 0.278. The van der Waals surface area contributed by atoms with Gasteiger partial charge in [0.15, 0.2) is 0 Å². The van der Waals surface area contributed by atoms with Crippen LogP contribution in [0.5, 0.6) is 0 Å². The van der Waals surface area contributed by atoms with Gasteiger partial charge in [-0.2, -0.15) is 0 Å². The van der Waals surface area contributed by atoms with E-state index in [4.69, 9.17) is 28.9 Å². The lowest BCUT2D eigenvalue weighted by Crippen LogP contribution is -2.40. The lowest BCUT2D eigenvalue weighted by atomic mass is 10.1. The Morgan fingerprint density at radius 1 is 1.04 bits per heavy atom. The molecule has 4 nitrogen and oxygen atoms in total. The first-order valence-electron chi connectivity index (χ1n) is 7.66. The summed E-state index contributed by atoms with van der Waals surface area (Å²) in [5, 5.41) is 1.74. The number of halogens is 2. The largest absolute Gasteiger partial charge is 0.343 e. The van der Waals surface area contributed by atoms with Crippen LogP contribution in [0.4, 0.5) is 0 Å². The Morgan fingerprint density at radius 2 is 1.75 bits per heavy atom. The fourth-order valence-corrected chi connectivity index (χ4v) is 3.09. The highest BCUT2D eigenvalue weighted by atomic mass is 35.5. The van der Waals surface area contributed by atoms with E-state index in [1.807, 2.05) is 48.9 Å². The summed E-state index contributed by atoms with van der Waals surface area (Å²) < 4.78 is 3.68. The number of nitrogens with zero attached hydrogens (tertiary/aromatic N) is 2. The first kappa shape index (κ1) is 17.1. The second kappa shape index (κ2) is 6.28. The summed E-state index contributed by atoms with van der Waals surface area (Å²) >= 11 is 12.0. The third-order valence-corrected chi connectivity index (χ3v) is 4.56. The summed E-state index contributed by atoms with van der Waals surface area (Å²) in [6.07, 6.45) is 3.71. The number of fused-ring (bicyclic) bond motifs is 1. The Hall–Kier alpha value is -1.75.